The van der Waals surface area contributed by atoms with Gasteiger partial charge in [0.05, 0.1) is 22.9 Å². The fraction of sp³-hybridized carbons (Fsp3) is 0.409. The molecule has 2 aromatic rings. The Hall–Kier alpha value is -2.94. The highest BCUT2D eigenvalue weighted by atomic mass is 32.2. The SMILES string of the molecule is CC[C@@H](C(=O)N[C@@H]1CCCc2ccccc21)N(c1cc([N+](=O)[O-])ccc1C)S(C)(=O)=O. The van der Waals surface area contributed by atoms with Gasteiger partial charge in [-0.2, -0.15) is 0 Å². The summed E-state index contributed by atoms with van der Waals surface area (Å²) in [7, 11) is -3.89. The van der Waals surface area contributed by atoms with E-state index in [0.717, 1.165) is 35.4 Å². The summed E-state index contributed by atoms with van der Waals surface area (Å²) >= 11 is 0. The quantitative estimate of drug-likeness (QED) is 0.517. The zero-order valence-electron chi connectivity index (χ0n) is 17.9. The van der Waals surface area contributed by atoms with Crippen LogP contribution in [0, 0.1) is 17.0 Å². The Morgan fingerprint density at radius 1 is 1.29 bits per heavy atom. The number of hydrogen-bond donors (Lipinski definition) is 1. The molecular weight excluding hydrogens is 418 g/mol. The van der Waals surface area contributed by atoms with Crippen LogP contribution in [-0.2, 0) is 21.2 Å². The number of carbonyl (C=O) groups is 1. The normalized spacial score (nSPS) is 16.8. The van der Waals surface area contributed by atoms with Crippen molar-refractivity contribution in [1.82, 2.24) is 5.32 Å². The van der Waals surface area contributed by atoms with Crippen LogP contribution in [0.4, 0.5) is 11.4 Å². The summed E-state index contributed by atoms with van der Waals surface area (Å²) in [5, 5.41) is 14.3. The zero-order valence-corrected chi connectivity index (χ0v) is 18.7. The fourth-order valence-electron chi connectivity index (χ4n) is 4.16. The molecule has 1 aliphatic rings. The number of nitro benzene ring substituents is 1. The van der Waals surface area contributed by atoms with Crippen molar-refractivity contribution in [3.63, 3.8) is 0 Å². The van der Waals surface area contributed by atoms with Crippen molar-refractivity contribution < 1.29 is 18.1 Å². The van der Waals surface area contributed by atoms with Gasteiger partial charge in [0.2, 0.25) is 15.9 Å². The van der Waals surface area contributed by atoms with Crippen molar-refractivity contribution in [3.8, 4) is 0 Å². The molecule has 0 radical (unpaired) electrons. The molecule has 1 N–H and O–H groups in total. The van der Waals surface area contributed by atoms with Gasteiger partial charge < -0.3 is 5.32 Å². The Morgan fingerprint density at radius 2 is 2.00 bits per heavy atom. The summed E-state index contributed by atoms with van der Waals surface area (Å²) in [4.78, 5) is 24.0. The molecule has 0 fully saturated rings. The molecular formula is C22H27N3O5S. The van der Waals surface area contributed by atoms with Crippen molar-refractivity contribution >= 4 is 27.3 Å². The minimum atomic E-state index is -3.89. The minimum Gasteiger partial charge on any atom is -0.347 e. The number of benzene rings is 2. The Balaban J connectivity index is 1.97. The first-order valence-corrected chi connectivity index (χ1v) is 12.1. The van der Waals surface area contributed by atoms with Gasteiger partial charge >= 0.3 is 0 Å². The maximum absolute atomic E-state index is 13.3. The molecule has 0 saturated heterocycles. The molecule has 3 rings (SSSR count). The van der Waals surface area contributed by atoms with E-state index < -0.39 is 26.9 Å². The van der Waals surface area contributed by atoms with Crippen molar-refractivity contribution in [1.29, 1.82) is 0 Å². The van der Waals surface area contributed by atoms with E-state index in [1.807, 2.05) is 24.3 Å². The van der Waals surface area contributed by atoms with E-state index in [1.165, 1.54) is 23.8 Å². The summed E-state index contributed by atoms with van der Waals surface area (Å²) in [5.41, 5.74) is 2.68. The number of non-ortho nitro benzene ring substituents is 1. The molecule has 0 aliphatic heterocycles. The molecule has 0 aromatic heterocycles. The van der Waals surface area contributed by atoms with Crippen LogP contribution in [0.1, 0.15) is 48.9 Å². The van der Waals surface area contributed by atoms with Crippen molar-refractivity contribution in [2.45, 2.75) is 51.6 Å². The lowest BCUT2D eigenvalue weighted by Gasteiger charge is -2.33. The fourth-order valence-corrected chi connectivity index (χ4v) is 5.42. The Morgan fingerprint density at radius 3 is 2.65 bits per heavy atom. The van der Waals surface area contributed by atoms with Gasteiger partial charge in [0.1, 0.15) is 6.04 Å². The molecule has 1 amide bonds. The van der Waals surface area contributed by atoms with Gasteiger partial charge in [-0.25, -0.2) is 8.42 Å². The average molecular weight is 446 g/mol. The first-order valence-electron chi connectivity index (χ1n) is 10.3. The number of hydrogen-bond acceptors (Lipinski definition) is 5. The Kier molecular flexibility index (Phi) is 6.64. The Labute approximate surface area is 182 Å². The first kappa shape index (κ1) is 22.7. The summed E-state index contributed by atoms with van der Waals surface area (Å²) in [6, 6.07) is 10.7. The second kappa shape index (κ2) is 9.05. The molecule has 166 valence electrons. The summed E-state index contributed by atoms with van der Waals surface area (Å²) in [6.45, 7) is 3.39. The number of nitrogens with zero attached hydrogens (tertiary/aromatic N) is 2. The van der Waals surface area contributed by atoms with Gasteiger partial charge in [-0.3, -0.25) is 19.2 Å². The average Bonchev–Trinajstić information content (AvgIpc) is 2.71. The Bertz CT molecular complexity index is 1100. The van der Waals surface area contributed by atoms with Gasteiger partial charge in [0.15, 0.2) is 0 Å². The van der Waals surface area contributed by atoms with Crippen LogP contribution >= 0.6 is 0 Å². The molecule has 1 aliphatic carbocycles. The second-order valence-corrected chi connectivity index (χ2v) is 9.72. The number of aryl methyl sites for hydroxylation is 2. The third kappa shape index (κ3) is 4.87. The van der Waals surface area contributed by atoms with E-state index >= 15 is 0 Å². The molecule has 0 bridgehead atoms. The number of anilines is 1. The molecule has 0 unspecified atom stereocenters. The van der Waals surface area contributed by atoms with Gasteiger partial charge in [-0.15, -0.1) is 0 Å². The third-order valence-electron chi connectivity index (χ3n) is 5.66. The highest BCUT2D eigenvalue weighted by molar-refractivity contribution is 7.92. The van der Waals surface area contributed by atoms with Gasteiger partial charge in [0, 0.05) is 12.1 Å². The lowest BCUT2D eigenvalue weighted by Crippen LogP contribution is -2.50. The number of sulfonamides is 1. The molecule has 31 heavy (non-hydrogen) atoms. The van der Waals surface area contributed by atoms with Crippen molar-refractivity contribution in [3.05, 3.63) is 69.3 Å². The number of rotatable bonds is 7. The van der Waals surface area contributed by atoms with Crippen LogP contribution in [0.5, 0.6) is 0 Å². The van der Waals surface area contributed by atoms with Crippen LogP contribution in [0.15, 0.2) is 42.5 Å². The number of fused-ring (bicyclic) bond motifs is 1. The van der Waals surface area contributed by atoms with Crippen molar-refractivity contribution in [2.75, 3.05) is 10.6 Å². The predicted octanol–water partition coefficient (Wildman–Crippen LogP) is 3.64. The van der Waals surface area contributed by atoms with Crippen LogP contribution in [-0.4, -0.2) is 31.5 Å². The van der Waals surface area contributed by atoms with E-state index in [9.17, 15) is 23.3 Å². The highest BCUT2D eigenvalue weighted by Crippen LogP contribution is 2.32. The molecule has 0 spiro atoms. The van der Waals surface area contributed by atoms with Gasteiger partial charge in [-0.05, 0) is 49.3 Å². The molecule has 9 heteroatoms. The van der Waals surface area contributed by atoms with E-state index in [2.05, 4.69) is 5.32 Å². The lowest BCUT2D eigenvalue weighted by atomic mass is 9.87. The summed E-state index contributed by atoms with van der Waals surface area (Å²) < 4.78 is 26.5. The standard InChI is InChI=1S/C22H27N3O5S/c1-4-20(22(26)23-19-11-7-9-16-8-5-6-10-18(16)19)24(31(3,29)30)21-14-17(25(27)28)13-12-15(21)2/h5-6,8,10,12-14,19-20H,4,7,9,11H2,1-3H3,(H,23,26)/t19-,20+/m1/s1. The topological polar surface area (TPSA) is 110 Å². The minimum absolute atomic E-state index is 0.141. The first-order chi connectivity index (χ1) is 14.6. The van der Waals surface area contributed by atoms with Crippen molar-refractivity contribution in [2.24, 2.45) is 0 Å². The number of nitrogens with one attached hydrogen (secondary N) is 1. The van der Waals surface area contributed by atoms with E-state index in [0.29, 0.717) is 5.56 Å². The smallest absolute Gasteiger partial charge is 0.271 e. The maximum Gasteiger partial charge on any atom is 0.271 e. The number of nitro groups is 1. The monoisotopic (exact) mass is 445 g/mol. The number of amides is 1. The van der Waals surface area contributed by atoms with E-state index in [4.69, 9.17) is 0 Å². The predicted molar refractivity (Wildman–Crippen MR) is 119 cm³/mol. The second-order valence-electron chi connectivity index (χ2n) is 7.86. The van der Waals surface area contributed by atoms with Crippen LogP contribution in [0.2, 0.25) is 0 Å². The van der Waals surface area contributed by atoms with E-state index in [1.54, 1.807) is 13.8 Å². The van der Waals surface area contributed by atoms with Crippen LogP contribution in [0.3, 0.4) is 0 Å². The molecule has 0 heterocycles. The molecule has 2 aromatic carbocycles. The number of carbonyl (C=O) groups excluding carboxylic acids is 1. The van der Waals surface area contributed by atoms with Crippen LogP contribution < -0.4 is 9.62 Å². The molecule has 8 nitrogen and oxygen atoms in total. The summed E-state index contributed by atoms with van der Waals surface area (Å²) in [6.07, 6.45) is 3.88. The third-order valence-corrected chi connectivity index (χ3v) is 6.82. The van der Waals surface area contributed by atoms with E-state index in [-0.39, 0.29) is 23.8 Å². The lowest BCUT2D eigenvalue weighted by molar-refractivity contribution is -0.384. The maximum atomic E-state index is 13.3. The largest absolute Gasteiger partial charge is 0.347 e. The summed E-state index contributed by atoms with van der Waals surface area (Å²) in [5.74, 6) is -0.416. The van der Waals surface area contributed by atoms with Gasteiger partial charge in [-0.1, -0.05) is 37.3 Å². The molecule has 2 atom stereocenters. The van der Waals surface area contributed by atoms with Gasteiger partial charge in [0.25, 0.3) is 5.69 Å². The van der Waals surface area contributed by atoms with Crippen LogP contribution in [0.25, 0.3) is 0 Å². The zero-order chi connectivity index (χ0) is 22.8. The molecule has 0 saturated carbocycles. The highest BCUT2D eigenvalue weighted by Gasteiger charge is 2.35.